The Morgan fingerprint density at radius 3 is 2.31 bits per heavy atom. The van der Waals surface area contributed by atoms with Gasteiger partial charge in [-0.15, -0.1) is 0 Å². The van der Waals surface area contributed by atoms with Crippen LogP contribution in [0, 0.1) is 6.92 Å². The van der Waals surface area contributed by atoms with Gasteiger partial charge in [0.15, 0.2) is 0 Å². The molecule has 2 aliphatic heterocycles. The molecule has 0 saturated carbocycles. The summed E-state index contributed by atoms with van der Waals surface area (Å²) in [5.41, 5.74) is 1.65. The number of benzene rings is 1. The van der Waals surface area contributed by atoms with Gasteiger partial charge in [0.1, 0.15) is 11.6 Å². The molecule has 1 aromatic carbocycles. The van der Waals surface area contributed by atoms with Gasteiger partial charge in [-0.3, -0.25) is 18.3 Å². The largest absolute Gasteiger partial charge is 0.444 e. The van der Waals surface area contributed by atoms with Crippen molar-refractivity contribution in [1.82, 2.24) is 4.90 Å². The highest BCUT2D eigenvalue weighted by atomic mass is 32.2. The molecule has 0 bridgehead atoms. The van der Waals surface area contributed by atoms with Gasteiger partial charge in [0, 0.05) is 26.3 Å². The van der Waals surface area contributed by atoms with Crippen LogP contribution in [-0.2, 0) is 19.7 Å². The lowest BCUT2D eigenvalue weighted by molar-refractivity contribution is -0.120. The van der Waals surface area contributed by atoms with Crippen LogP contribution >= 0.6 is 0 Å². The first-order chi connectivity index (χ1) is 13.3. The van der Waals surface area contributed by atoms with Gasteiger partial charge in [0.25, 0.3) is 0 Å². The molecule has 2 heterocycles. The Kier molecular flexibility index (Phi) is 5.18. The maximum absolute atomic E-state index is 12.9. The van der Waals surface area contributed by atoms with Crippen LogP contribution in [-0.4, -0.2) is 57.6 Å². The molecule has 1 aromatic rings. The Morgan fingerprint density at radius 1 is 1.14 bits per heavy atom. The molecule has 1 unspecified atom stereocenters. The van der Waals surface area contributed by atoms with E-state index in [9.17, 15) is 18.0 Å². The SMILES string of the molecule is Cc1cc2c(cc1NC(=O)C1CCCN1C(=O)OC(C)(C)C)N(C)S(=O)(=O)N2C. The number of aryl methyl sites for hydroxylation is 1. The summed E-state index contributed by atoms with van der Waals surface area (Å²) >= 11 is 0. The fraction of sp³-hybridized carbons (Fsp3) is 0.579. The fourth-order valence-electron chi connectivity index (χ4n) is 3.55. The van der Waals surface area contributed by atoms with Crippen LogP contribution in [0.4, 0.5) is 21.9 Å². The topological polar surface area (TPSA) is 99.3 Å². The Bertz CT molecular complexity index is 954. The van der Waals surface area contributed by atoms with E-state index in [0.29, 0.717) is 36.4 Å². The van der Waals surface area contributed by atoms with Gasteiger partial charge in [0.05, 0.1) is 11.4 Å². The molecular weight excluding hydrogens is 396 g/mol. The zero-order chi connectivity index (χ0) is 21.7. The summed E-state index contributed by atoms with van der Waals surface area (Å²) in [6, 6.07) is 2.75. The van der Waals surface area contributed by atoms with E-state index in [0.717, 1.165) is 5.56 Å². The van der Waals surface area contributed by atoms with Crippen molar-refractivity contribution < 1.29 is 22.7 Å². The maximum atomic E-state index is 12.9. The van der Waals surface area contributed by atoms with Crippen molar-refractivity contribution >= 4 is 39.3 Å². The Hall–Kier alpha value is -2.49. The van der Waals surface area contributed by atoms with E-state index >= 15 is 0 Å². The number of rotatable bonds is 2. The predicted molar refractivity (Wildman–Crippen MR) is 111 cm³/mol. The first-order valence-electron chi connectivity index (χ1n) is 9.51. The second kappa shape index (κ2) is 7.08. The zero-order valence-corrected chi connectivity index (χ0v) is 18.5. The molecule has 2 aliphatic rings. The maximum Gasteiger partial charge on any atom is 0.410 e. The molecule has 160 valence electrons. The van der Waals surface area contributed by atoms with Crippen LogP contribution in [0.3, 0.4) is 0 Å². The zero-order valence-electron chi connectivity index (χ0n) is 17.6. The van der Waals surface area contributed by atoms with E-state index in [1.165, 1.54) is 27.6 Å². The number of ether oxygens (including phenoxy) is 1. The van der Waals surface area contributed by atoms with Crippen LogP contribution in [0.2, 0.25) is 0 Å². The van der Waals surface area contributed by atoms with E-state index in [2.05, 4.69) is 5.32 Å². The highest BCUT2D eigenvalue weighted by Crippen LogP contribution is 2.42. The predicted octanol–water partition coefficient (Wildman–Crippen LogP) is 2.46. The monoisotopic (exact) mass is 424 g/mol. The number of likely N-dealkylation sites (tertiary alicyclic amines) is 1. The third-order valence-electron chi connectivity index (χ3n) is 5.13. The van der Waals surface area contributed by atoms with Crippen molar-refractivity contribution in [3.63, 3.8) is 0 Å². The number of carbonyl (C=O) groups excluding carboxylic acids is 2. The normalized spacial score (nSPS) is 20.6. The lowest BCUT2D eigenvalue weighted by Crippen LogP contribution is -2.45. The van der Waals surface area contributed by atoms with Crippen molar-refractivity contribution in [3.8, 4) is 0 Å². The highest BCUT2D eigenvalue weighted by Gasteiger charge is 2.38. The third kappa shape index (κ3) is 3.85. The van der Waals surface area contributed by atoms with Crippen LogP contribution in [0.15, 0.2) is 12.1 Å². The molecule has 2 amide bonds. The average molecular weight is 425 g/mol. The van der Waals surface area contributed by atoms with Crippen LogP contribution in [0.25, 0.3) is 0 Å². The number of hydrogen-bond acceptors (Lipinski definition) is 5. The fourth-order valence-corrected chi connectivity index (χ4v) is 4.70. The molecule has 29 heavy (non-hydrogen) atoms. The van der Waals surface area contributed by atoms with Gasteiger partial charge in [0.2, 0.25) is 5.91 Å². The molecule has 0 aliphatic carbocycles. The van der Waals surface area contributed by atoms with Gasteiger partial charge in [-0.2, -0.15) is 8.42 Å². The van der Waals surface area contributed by atoms with E-state index in [-0.39, 0.29) is 5.91 Å². The summed E-state index contributed by atoms with van der Waals surface area (Å²) in [5.74, 6) is -0.312. The summed E-state index contributed by atoms with van der Waals surface area (Å²) < 4.78 is 32.5. The third-order valence-corrected chi connectivity index (χ3v) is 6.91. The highest BCUT2D eigenvalue weighted by molar-refractivity contribution is 7.94. The first kappa shape index (κ1) is 21.2. The number of fused-ring (bicyclic) bond motifs is 1. The molecule has 3 rings (SSSR count). The van der Waals surface area contributed by atoms with Crippen molar-refractivity contribution in [3.05, 3.63) is 17.7 Å². The van der Waals surface area contributed by atoms with Crippen molar-refractivity contribution in [2.45, 2.75) is 52.2 Å². The summed E-state index contributed by atoms with van der Waals surface area (Å²) in [5, 5.41) is 2.86. The summed E-state index contributed by atoms with van der Waals surface area (Å²) in [7, 11) is -0.629. The lowest BCUT2D eigenvalue weighted by atomic mass is 10.1. The van der Waals surface area contributed by atoms with Gasteiger partial charge < -0.3 is 10.1 Å². The molecule has 0 aromatic heterocycles. The second-order valence-electron chi connectivity index (χ2n) is 8.42. The summed E-state index contributed by atoms with van der Waals surface area (Å²) in [6.07, 6.45) is 0.756. The smallest absolute Gasteiger partial charge is 0.410 e. The van der Waals surface area contributed by atoms with Crippen molar-refractivity contribution in [2.24, 2.45) is 0 Å². The van der Waals surface area contributed by atoms with E-state index in [4.69, 9.17) is 4.74 Å². The van der Waals surface area contributed by atoms with E-state index < -0.39 is 27.9 Å². The number of nitrogens with zero attached hydrogens (tertiary/aromatic N) is 3. The number of hydrogen-bond donors (Lipinski definition) is 1. The molecule has 1 saturated heterocycles. The van der Waals surface area contributed by atoms with Crippen LogP contribution < -0.4 is 13.9 Å². The molecule has 10 heteroatoms. The van der Waals surface area contributed by atoms with Gasteiger partial charge in [-0.25, -0.2) is 4.79 Å². The number of nitrogens with one attached hydrogen (secondary N) is 1. The second-order valence-corrected chi connectivity index (χ2v) is 10.4. The van der Waals surface area contributed by atoms with Crippen LogP contribution in [0.5, 0.6) is 0 Å². The van der Waals surface area contributed by atoms with Gasteiger partial charge in [-0.05, 0) is 58.2 Å². The lowest BCUT2D eigenvalue weighted by Gasteiger charge is -2.28. The quantitative estimate of drug-likeness (QED) is 0.786. The molecule has 1 atom stereocenters. The molecule has 1 fully saturated rings. The molecule has 0 radical (unpaired) electrons. The first-order valence-corrected chi connectivity index (χ1v) is 10.9. The number of amides is 2. The van der Waals surface area contributed by atoms with Crippen molar-refractivity contribution in [2.75, 3.05) is 34.6 Å². The minimum absolute atomic E-state index is 0.312. The minimum atomic E-state index is -3.59. The van der Waals surface area contributed by atoms with Gasteiger partial charge >= 0.3 is 16.3 Å². The van der Waals surface area contributed by atoms with E-state index in [1.54, 1.807) is 39.8 Å². The number of carbonyl (C=O) groups is 2. The number of anilines is 3. The Labute approximate surface area is 171 Å². The summed E-state index contributed by atoms with van der Waals surface area (Å²) in [4.78, 5) is 26.8. The molecular formula is C19H28N4O5S. The van der Waals surface area contributed by atoms with Crippen molar-refractivity contribution in [1.29, 1.82) is 0 Å². The Balaban J connectivity index is 1.81. The minimum Gasteiger partial charge on any atom is -0.444 e. The molecule has 1 N–H and O–H groups in total. The standard InChI is InChI=1S/C19H28N4O5S/c1-12-10-15-16(22(6)29(26,27)21(15)5)11-13(12)20-17(24)14-8-7-9-23(14)18(25)28-19(2,3)4/h10-11,14H,7-9H2,1-6H3,(H,20,24). The van der Waals surface area contributed by atoms with E-state index in [1.807, 2.05) is 0 Å². The summed E-state index contributed by atoms with van der Waals surface area (Å²) in [6.45, 7) is 7.61. The molecule has 0 spiro atoms. The Morgan fingerprint density at radius 2 is 1.72 bits per heavy atom. The van der Waals surface area contributed by atoms with Gasteiger partial charge in [-0.1, -0.05) is 0 Å². The molecule has 9 nitrogen and oxygen atoms in total. The van der Waals surface area contributed by atoms with Crippen LogP contribution in [0.1, 0.15) is 39.2 Å². The average Bonchev–Trinajstić information content (AvgIpc) is 3.15.